The predicted octanol–water partition coefficient (Wildman–Crippen LogP) is 0.759. The Hall–Kier alpha value is -2.24. The second-order valence-electron chi connectivity index (χ2n) is 2.83. The molecule has 0 aliphatic carbocycles. The molecule has 0 atom stereocenters. The number of hydrogen-bond acceptors (Lipinski definition) is 5. The molecule has 1 N–H and O–H groups in total. The highest BCUT2D eigenvalue weighted by atomic mass is 16.5. The molecule has 0 saturated heterocycles. The van der Waals surface area contributed by atoms with Crippen molar-refractivity contribution in [2.24, 2.45) is 0 Å². The number of nitrogens with zero attached hydrogens (tertiary/aromatic N) is 3. The fourth-order valence-corrected chi connectivity index (χ4v) is 1.07. The maximum Gasteiger partial charge on any atom is 0.311 e. The summed E-state index contributed by atoms with van der Waals surface area (Å²) in [6.45, 7) is 0. The van der Waals surface area contributed by atoms with Gasteiger partial charge < -0.3 is 9.63 Å². The van der Waals surface area contributed by atoms with E-state index in [-0.39, 0.29) is 18.1 Å². The van der Waals surface area contributed by atoms with Gasteiger partial charge in [-0.3, -0.25) is 9.78 Å². The number of rotatable bonds is 3. The lowest BCUT2D eigenvalue weighted by atomic mass is 10.3. The lowest BCUT2D eigenvalue weighted by molar-refractivity contribution is -0.136. The number of aliphatic carboxylic acids is 1. The van der Waals surface area contributed by atoms with Crippen LogP contribution < -0.4 is 0 Å². The van der Waals surface area contributed by atoms with Crippen molar-refractivity contribution in [3.8, 4) is 11.5 Å². The van der Waals surface area contributed by atoms with Gasteiger partial charge in [0.05, 0.1) is 5.56 Å². The zero-order valence-corrected chi connectivity index (χ0v) is 7.62. The molecule has 0 fully saturated rings. The summed E-state index contributed by atoms with van der Waals surface area (Å²) >= 11 is 0. The van der Waals surface area contributed by atoms with Crippen LogP contribution in [-0.2, 0) is 11.2 Å². The summed E-state index contributed by atoms with van der Waals surface area (Å²) in [5.41, 5.74) is 0.668. The van der Waals surface area contributed by atoms with Crippen LogP contribution in [0.3, 0.4) is 0 Å². The Bertz CT molecular complexity index is 466. The van der Waals surface area contributed by atoms with Gasteiger partial charge in [0.2, 0.25) is 0 Å². The summed E-state index contributed by atoms with van der Waals surface area (Å²) in [7, 11) is 0. The van der Waals surface area contributed by atoms with Crippen LogP contribution in [0, 0.1) is 0 Å². The molecule has 0 saturated carbocycles. The van der Waals surface area contributed by atoms with Crippen LogP contribution in [0.5, 0.6) is 0 Å². The maximum absolute atomic E-state index is 10.4. The maximum atomic E-state index is 10.4. The average molecular weight is 205 g/mol. The highest BCUT2D eigenvalue weighted by Crippen LogP contribution is 2.14. The van der Waals surface area contributed by atoms with E-state index in [4.69, 9.17) is 9.63 Å². The van der Waals surface area contributed by atoms with Crippen molar-refractivity contribution in [2.45, 2.75) is 6.42 Å². The Labute approximate surface area is 84.6 Å². The van der Waals surface area contributed by atoms with E-state index in [1.54, 1.807) is 24.5 Å². The zero-order valence-electron chi connectivity index (χ0n) is 7.62. The van der Waals surface area contributed by atoms with Crippen LogP contribution in [-0.4, -0.2) is 26.2 Å². The van der Waals surface area contributed by atoms with Gasteiger partial charge in [-0.25, -0.2) is 0 Å². The van der Waals surface area contributed by atoms with E-state index in [1.165, 1.54) is 0 Å². The van der Waals surface area contributed by atoms with E-state index in [0.29, 0.717) is 5.56 Å². The van der Waals surface area contributed by atoms with Crippen LogP contribution in [0.15, 0.2) is 29.0 Å². The monoisotopic (exact) mass is 205 g/mol. The zero-order chi connectivity index (χ0) is 10.7. The molecule has 0 spiro atoms. The van der Waals surface area contributed by atoms with Gasteiger partial charge in [-0.15, -0.1) is 0 Å². The molecule has 2 aromatic rings. The second-order valence-corrected chi connectivity index (χ2v) is 2.83. The number of hydrogen-bond donors (Lipinski definition) is 1. The molecule has 2 rings (SSSR count). The summed E-state index contributed by atoms with van der Waals surface area (Å²) in [5, 5.41) is 12.1. The van der Waals surface area contributed by atoms with Crippen LogP contribution >= 0.6 is 0 Å². The number of carbonyl (C=O) groups is 1. The molecule has 6 heteroatoms. The number of aromatic nitrogens is 3. The summed E-state index contributed by atoms with van der Waals surface area (Å²) in [6, 6.07) is 3.49. The third-order valence-corrected chi connectivity index (χ3v) is 1.69. The number of carboxylic acid groups (broad SMARTS) is 1. The van der Waals surface area contributed by atoms with Crippen LogP contribution in [0.25, 0.3) is 11.5 Å². The molecule has 0 aromatic carbocycles. The highest BCUT2D eigenvalue weighted by Gasteiger charge is 2.10. The molecule has 0 unspecified atom stereocenters. The van der Waals surface area contributed by atoms with Gasteiger partial charge in [-0.05, 0) is 12.1 Å². The first-order valence-electron chi connectivity index (χ1n) is 4.20. The van der Waals surface area contributed by atoms with Crippen molar-refractivity contribution >= 4 is 5.97 Å². The summed E-state index contributed by atoms with van der Waals surface area (Å²) in [5.74, 6) is -0.561. The van der Waals surface area contributed by atoms with Crippen LogP contribution in [0.2, 0.25) is 0 Å². The van der Waals surface area contributed by atoms with Crippen molar-refractivity contribution in [3.63, 3.8) is 0 Å². The van der Waals surface area contributed by atoms with Crippen molar-refractivity contribution in [3.05, 3.63) is 30.4 Å². The summed E-state index contributed by atoms with van der Waals surface area (Å²) in [6.07, 6.45) is 2.94. The minimum absolute atomic E-state index is 0.154. The van der Waals surface area contributed by atoms with Gasteiger partial charge in [0.15, 0.2) is 5.82 Å². The van der Waals surface area contributed by atoms with E-state index in [9.17, 15) is 4.79 Å². The van der Waals surface area contributed by atoms with E-state index in [2.05, 4.69) is 15.1 Å². The topological polar surface area (TPSA) is 89.1 Å². The third-order valence-electron chi connectivity index (χ3n) is 1.69. The summed E-state index contributed by atoms with van der Waals surface area (Å²) < 4.78 is 4.89. The van der Waals surface area contributed by atoms with Crippen molar-refractivity contribution < 1.29 is 14.4 Å². The Balaban J connectivity index is 2.24. The van der Waals surface area contributed by atoms with Gasteiger partial charge in [-0.1, -0.05) is 5.16 Å². The molecule has 76 valence electrons. The Morgan fingerprint density at radius 1 is 1.53 bits per heavy atom. The van der Waals surface area contributed by atoms with E-state index in [1.807, 2.05) is 0 Å². The highest BCUT2D eigenvalue weighted by molar-refractivity contribution is 5.69. The largest absolute Gasteiger partial charge is 0.481 e. The van der Waals surface area contributed by atoms with Crippen molar-refractivity contribution in [1.82, 2.24) is 15.1 Å². The third kappa shape index (κ3) is 2.16. The lowest BCUT2D eigenvalue weighted by Gasteiger charge is -1.89. The Morgan fingerprint density at radius 3 is 3.07 bits per heavy atom. The van der Waals surface area contributed by atoms with Crippen LogP contribution in [0.1, 0.15) is 5.82 Å². The Kier molecular flexibility index (Phi) is 2.40. The van der Waals surface area contributed by atoms with Crippen LogP contribution in [0.4, 0.5) is 0 Å². The molecule has 0 aliphatic rings. The Morgan fingerprint density at radius 2 is 2.40 bits per heavy atom. The first-order valence-corrected chi connectivity index (χ1v) is 4.20. The standard InChI is InChI=1S/C9H7N3O3/c13-8(14)4-7-11-9(15-12-7)6-2-1-3-10-5-6/h1-3,5H,4H2,(H,13,14). The molecule has 0 amide bonds. The minimum atomic E-state index is -0.992. The molecular formula is C9H7N3O3. The quantitative estimate of drug-likeness (QED) is 0.795. The van der Waals surface area contributed by atoms with Gasteiger partial charge in [0, 0.05) is 12.4 Å². The molecule has 0 aliphatic heterocycles. The molecular weight excluding hydrogens is 198 g/mol. The summed E-state index contributed by atoms with van der Waals surface area (Å²) in [4.78, 5) is 18.2. The van der Waals surface area contributed by atoms with Crippen molar-refractivity contribution in [2.75, 3.05) is 0 Å². The molecule has 0 radical (unpaired) electrons. The van der Waals surface area contributed by atoms with E-state index in [0.717, 1.165) is 0 Å². The minimum Gasteiger partial charge on any atom is -0.481 e. The fraction of sp³-hybridized carbons (Fsp3) is 0.111. The normalized spacial score (nSPS) is 10.1. The number of pyridine rings is 1. The van der Waals surface area contributed by atoms with Gasteiger partial charge in [0.25, 0.3) is 5.89 Å². The first kappa shape index (κ1) is 9.32. The van der Waals surface area contributed by atoms with Gasteiger partial charge in [0.1, 0.15) is 6.42 Å². The lowest BCUT2D eigenvalue weighted by Crippen LogP contribution is -2.01. The molecule has 0 bridgehead atoms. The smallest absolute Gasteiger partial charge is 0.311 e. The van der Waals surface area contributed by atoms with E-state index < -0.39 is 5.97 Å². The first-order chi connectivity index (χ1) is 7.25. The SMILES string of the molecule is O=C(O)Cc1noc(-c2cccnc2)n1. The van der Waals surface area contributed by atoms with Gasteiger partial charge in [-0.2, -0.15) is 4.98 Å². The number of carboxylic acids is 1. The predicted molar refractivity (Wildman–Crippen MR) is 48.9 cm³/mol. The molecule has 2 heterocycles. The van der Waals surface area contributed by atoms with Gasteiger partial charge >= 0.3 is 5.97 Å². The average Bonchev–Trinajstić information content (AvgIpc) is 2.67. The second kappa shape index (κ2) is 3.87. The molecule has 15 heavy (non-hydrogen) atoms. The molecule has 2 aromatic heterocycles. The molecule has 6 nitrogen and oxygen atoms in total. The van der Waals surface area contributed by atoms with Crippen molar-refractivity contribution in [1.29, 1.82) is 0 Å². The van der Waals surface area contributed by atoms with E-state index >= 15 is 0 Å². The fourth-order valence-electron chi connectivity index (χ4n) is 1.07.